The number of unbranched alkanes of at least 4 members (excludes halogenated alkanes) is 2. The van der Waals surface area contributed by atoms with Crippen LogP contribution in [0.15, 0.2) is 0 Å². The quantitative estimate of drug-likeness (QED) is 0.407. The summed E-state index contributed by atoms with van der Waals surface area (Å²) in [6.07, 6.45) is 4.51. The van der Waals surface area contributed by atoms with Crippen LogP contribution in [0.3, 0.4) is 0 Å². The Bertz CT molecular complexity index is 119. The fourth-order valence-electron chi connectivity index (χ4n) is 0.524. The number of hydrogen-bond acceptors (Lipinski definition) is 5. The summed E-state index contributed by atoms with van der Waals surface area (Å²) in [6.45, 7) is 6.85. The van der Waals surface area contributed by atoms with E-state index in [0.717, 1.165) is 45.8 Å². The molecule has 0 saturated heterocycles. The zero-order valence-electron chi connectivity index (χ0n) is 9.82. The highest BCUT2D eigenvalue weighted by molar-refractivity contribution is 5.64. The van der Waals surface area contributed by atoms with Crippen molar-refractivity contribution >= 4 is 5.97 Å². The highest BCUT2D eigenvalue weighted by Crippen LogP contribution is 1.91. The second-order valence-electron chi connectivity index (χ2n) is 2.93. The highest BCUT2D eigenvalue weighted by Gasteiger charge is 1.86. The predicted molar refractivity (Wildman–Crippen MR) is 56.1 cm³/mol. The Morgan fingerprint density at radius 1 is 1.07 bits per heavy atom. The van der Waals surface area contributed by atoms with Gasteiger partial charge in [0, 0.05) is 6.92 Å². The minimum atomic E-state index is -0.690. The van der Waals surface area contributed by atoms with Crippen LogP contribution in [-0.4, -0.2) is 24.4 Å². The van der Waals surface area contributed by atoms with Crippen LogP contribution in [0.4, 0.5) is 0 Å². The first-order chi connectivity index (χ1) is 7.18. The molecule has 5 heteroatoms. The second kappa shape index (κ2) is 15.8. The van der Waals surface area contributed by atoms with Gasteiger partial charge in [-0.3, -0.25) is 0 Å². The van der Waals surface area contributed by atoms with E-state index in [2.05, 4.69) is 18.7 Å². The lowest BCUT2D eigenvalue weighted by atomic mass is 10.4. The average Bonchev–Trinajstić information content (AvgIpc) is 2.24. The molecular formula is C10H22O5. The lowest BCUT2D eigenvalue weighted by Gasteiger charge is -2.00. The molecule has 15 heavy (non-hydrogen) atoms. The molecule has 92 valence electrons. The largest absolute Gasteiger partial charge is 0.339 e. The van der Waals surface area contributed by atoms with E-state index in [4.69, 9.17) is 15.0 Å². The van der Waals surface area contributed by atoms with Gasteiger partial charge in [-0.15, -0.1) is 0 Å². The van der Waals surface area contributed by atoms with E-state index in [9.17, 15) is 4.79 Å². The van der Waals surface area contributed by atoms with Gasteiger partial charge in [-0.2, -0.15) is 5.26 Å². The van der Waals surface area contributed by atoms with Gasteiger partial charge in [-0.05, 0) is 12.8 Å². The summed E-state index contributed by atoms with van der Waals surface area (Å²) in [7, 11) is 0. The van der Waals surface area contributed by atoms with Crippen LogP contribution in [0.2, 0.25) is 0 Å². The molecule has 0 fully saturated rings. The maximum atomic E-state index is 9.34. The molecule has 0 amide bonds. The van der Waals surface area contributed by atoms with Crippen molar-refractivity contribution in [1.82, 2.24) is 0 Å². The molecular weight excluding hydrogens is 200 g/mol. The zero-order valence-corrected chi connectivity index (χ0v) is 9.82. The standard InChI is InChI=1S/C8H18O2.C2H4O3/c1-3-5-7-9-10-8-6-4-2;1-2(3)5-4/h3-8H2,1-2H3;4H,1H3. The van der Waals surface area contributed by atoms with E-state index in [1.165, 1.54) is 0 Å². The van der Waals surface area contributed by atoms with E-state index >= 15 is 0 Å². The lowest BCUT2D eigenvalue weighted by Crippen LogP contribution is -1.97. The molecule has 0 aromatic carbocycles. The predicted octanol–water partition coefficient (Wildman–Crippen LogP) is 2.56. The molecule has 0 aromatic heterocycles. The average molecular weight is 222 g/mol. The van der Waals surface area contributed by atoms with Crippen LogP contribution in [0.25, 0.3) is 0 Å². The molecule has 0 radical (unpaired) electrons. The third-order valence-electron chi connectivity index (χ3n) is 1.37. The fourth-order valence-corrected chi connectivity index (χ4v) is 0.524. The number of hydrogen-bond donors (Lipinski definition) is 1. The van der Waals surface area contributed by atoms with Crippen molar-refractivity contribution in [3.05, 3.63) is 0 Å². The first kappa shape index (κ1) is 16.8. The van der Waals surface area contributed by atoms with Gasteiger partial charge in [0.15, 0.2) is 0 Å². The van der Waals surface area contributed by atoms with Gasteiger partial charge in [0.2, 0.25) is 0 Å². The van der Waals surface area contributed by atoms with Gasteiger partial charge < -0.3 is 4.89 Å². The van der Waals surface area contributed by atoms with E-state index in [-0.39, 0.29) is 0 Å². The molecule has 0 saturated carbocycles. The molecule has 1 N–H and O–H groups in total. The zero-order chi connectivity index (χ0) is 11.9. The van der Waals surface area contributed by atoms with Crippen molar-refractivity contribution < 1.29 is 24.7 Å². The molecule has 0 heterocycles. The number of carbonyl (C=O) groups excluding carboxylic acids is 1. The molecule has 5 nitrogen and oxygen atoms in total. The van der Waals surface area contributed by atoms with E-state index in [1.54, 1.807) is 0 Å². The molecule has 0 spiro atoms. The van der Waals surface area contributed by atoms with E-state index in [0.29, 0.717) is 0 Å². The molecule has 0 aliphatic heterocycles. The molecule has 0 aliphatic carbocycles. The minimum absolute atomic E-state index is 0.690. The van der Waals surface area contributed by atoms with Crippen molar-refractivity contribution in [3.63, 3.8) is 0 Å². The van der Waals surface area contributed by atoms with Crippen molar-refractivity contribution in [3.8, 4) is 0 Å². The summed E-state index contributed by atoms with van der Waals surface area (Å²) in [5, 5.41) is 7.29. The van der Waals surface area contributed by atoms with Crippen LogP contribution in [0.5, 0.6) is 0 Å². The highest BCUT2D eigenvalue weighted by atomic mass is 17.2. The fraction of sp³-hybridized carbons (Fsp3) is 0.900. The topological polar surface area (TPSA) is 65.0 Å². The van der Waals surface area contributed by atoms with Crippen molar-refractivity contribution in [2.24, 2.45) is 0 Å². The molecule has 0 atom stereocenters. The third-order valence-corrected chi connectivity index (χ3v) is 1.37. The Kier molecular flexibility index (Phi) is 17.7. The Balaban J connectivity index is 0. The van der Waals surface area contributed by atoms with Crippen LogP contribution < -0.4 is 0 Å². The molecule has 0 unspecified atom stereocenters. The van der Waals surface area contributed by atoms with Crippen molar-refractivity contribution in [2.75, 3.05) is 13.2 Å². The maximum absolute atomic E-state index is 9.34. The summed E-state index contributed by atoms with van der Waals surface area (Å²) >= 11 is 0. The van der Waals surface area contributed by atoms with Crippen LogP contribution >= 0.6 is 0 Å². The Morgan fingerprint density at radius 3 is 1.60 bits per heavy atom. The first-order valence-corrected chi connectivity index (χ1v) is 5.25. The van der Waals surface area contributed by atoms with Crippen LogP contribution in [-0.2, 0) is 19.5 Å². The van der Waals surface area contributed by atoms with Gasteiger partial charge in [0.1, 0.15) is 0 Å². The smallest absolute Gasteiger partial charge is 0.301 e. The maximum Gasteiger partial charge on any atom is 0.339 e. The Labute approximate surface area is 91.2 Å². The number of rotatable bonds is 7. The van der Waals surface area contributed by atoms with Gasteiger partial charge in [0.25, 0.3) is 0 Å². The third kappa shape index (κ3) is 24.7. The molecule has 0 aliphatic rings. The van der Waals surface area contributed by atoms with Crippen molar-refractivity contribution in [1.29, 1.82) is 0 Å². The van der Waals surface area contributed by atoms with Gasteiger partial charge in [0.05, 0.1) is 13.2 Å². The van der Waals surface area contributed by atoms with Crippen LogP contribution in [0, 0.1) is 0 Å². The second-order valence-corrected chi connectivity index (χ2v) is 2.93. The Morgan fingerprint density at radius 2 is 1.40 bits per heavy atom. The summed E-state index contributed by atoms with van der Waals surface area (Å²) in [5.41, 5.74) is 0. The van der Waals surface area contributed by atoms with E-state index < -0.39 is 5.97 Å². The van der Waals surface area contributed by atoms with Gasteiger partial charge in [-0.1, -0.05) is 26.7 Å². The van der Waals surface area contributed by atoms with E-state index in [1.807, 2.05) is 0 Å². The SMILES string of the molecule is CC(=O)OO.CCCCOOCCCC. The number of carbonyl (C=O) groups is 1. The summed E-state index contributed by atoms with van der Waals surface area (Å²) in [5.74, 6) is -0.690. The lowest BCUT2D eigenvalue weighted by molar-refractivity contribution is -0.295. The normalized spacial score (nSPS) is 9.07. The van der Waals surface area contributed by atoms with Gasteiger partial charge >= 0.3 is 5.97 Å². The van der Waals surface area contributed by atoms with Crippen LogP contribution in [0.1, 0.15) is 46.5 Å². The summed E-state index contributed by atoms with van der Waals surface area (Å²) in [4.78, 5) is 22.2. The molecule has 0 rings (SSSR count). The van der Waals surface area contributed by atoms with Gasteiger partial charge in [-0.25, -0.2) is 14.6 Å². The molecule has 0 bridgehead atoms. The summed E-state index contributed by atoms with van der Waals surface area (Å²) in [6, 6.07) is 0. The monoisotopic (exact) mass is 222 g/mol. The van der Waals surface area contributed by atoms with Crippen molar-refractivity contribution in [2.45, 2.75) is 46.5 Å². The summed E-state index contributed by atoms with van der Waals surface area (Å²) < 4.78 is 0. The first-order valence-electron chi connectivity index (χ1n) is 5.25. The minimum Gasteiger partial charge on any atom is -0.301 e. The Hall–Kier alpha value is -0.650. The molecule has 0 aromatic rings.